The molecular formula is C16H23N3O. The molecule has 1 aromatic carbocycles. The molecule has 0 bridgehead atoms. The van der Waals surface area contributed by atoms with E-state index < -0.39 is 0 Å². The van der Waals surface area contributed by atoms with Crippen LogP contribution in [0.4, 0.5) is 5.69 Å². The second-order valence-corrected chi connectivity index (χ2v) is 5.75. The van der Waals surface area contributed by atoms with E-state index in [0.29, 0.717) is 5.92 Å². The molecule has 1 N–H and O–H groups in total. The van der Waals surface area contributed by atoms with Crippen LogP contribution in [-0.2, 0) is 6.42 Å². The third-order valence-corrected chi connectivity index (χ3v) is 3.93. The van der Waals surface area contributed by atoms with Gasteiger partial charge in [0.2, 0.25) is 0 Å². The van der Waals surface area contributed by atoms with Crippen LogP contribution in [0, 0.1) is 0 Å². The summed E-state index contributed by atoms with van der Waals surface area (Å²) in [6, 6.07) is 4.44. The Morgan fingerprint density at radius 1 is 1.30 bits per heavy atom. The minimum Gasteiger partial charge on any atom is -0.440 e. The Kier molecular flexibility index (Phi) is 3.66. The van der Waals surface area contributed by atoms with E-state index >= 15 is 0 Å². The summed E-state index contributed by atoms with van der Waals surface area (Å²) in [6.45, 7) is 10.6. The first-order valence-corrected chi connectivity index (χ1v) is 7.58. The van der Waals surface area contributed by atoms with Gasteiger partial charge in [0.25, 0.3) is 0 Å². The molecule has 1 aliphatic heterocycles. The molecule has 1 aliphatic rings. The molecule has 1 saturated heterocycles. The minimum atomic E-state index is 0.328. The highest BCUT2D eigenvalue weighted by Gasteiger charge is 2.17. The normalized spacial score (nSPS) is 16.3. The van der Waals surface area contributed by atoms with Crippen LogP contribution in [0.25, 0.3) is 11.1 Å². The van der Waals surface area contributed by atoms with Crippen molar-refractivity contribution in [1.29, 1.82) is 0 Å². The Balaban J connectivity index is 2.05. The van der Waals surface area contributed by atoms with E-state index in [-0.39, 0.29) is 0 Å². The van der Waals surface area contributed by atoms with Gasteiger partial charge in [-0.2, -0.15) is 0 Å². The zero-order chi connectivity index (χ0) is 14.1. The van der Waals surface area contributed by atoms with Crippen molar-refractivity contribution in [2.24, 2.45) is 0 Å². The number of hydrogen-bond donors (Lipinski definition) is 1. The molecule has 0 spiro atoms. The summed E-state index contributed by atoms with van der Waals surface area (Å²) in [5.74, 6) is 1.17. The molecular weight excluding hydrogens is 250 g/mol. The zero-order valence-electron chi connectivity index (χ0n) is 12.6. The second-order valence-electron chi connectivity index (χ2n) is 5.75. The second kappa shape index (κ2) is 5.44. The Hall–Kier alpha value is -1.55. The molecule has 0 atom stereocenters. The van der Waals surface area contributed by atoms with Crippen LogP contribution in [0.15, 0.2) is 16.5 Å². The maximum atomic E-state index is 5.95. The van der Waals surface area contributed by atoms with Gasteiger partial charge in [-0.1, -0.05) is 20.8 Å². The average molecular weight is 273 g/mol. The molecule has 0 aliphatic carbocycles. The maximum Gasteiger partial charge on any atom is 0.198 e. The molecule has 1 fully saturated rings. The van der Waals surface area contributed by atoms with Crippen LogP contribution < -0.4 is 10.2 Å². The molecule has 2 aromatic rings. The number of oxazole rings is 1. The quantitative estimate of drug-likeness (QED) is 0.933. The molecule has 1 aromatic heterocycles. The van der Waals surface area contributed by atoms with Gasteiger partial charge >= 0.3 is 0 Å². The number of aromatic nitrogens is 1. The first-order chi connectivity index (χ1) is 9.69. The molecule has 0 saturated carbocycles. The number of hydrogen-bond acceptors (Lipinski definition) is 4. The van der Waals surface area contributed by atoms with Crippen LogP contribution >= 0.6 is 0 Å². The van der Waals surface area contributed by atoms with Crippen molar-refractivity contribution in [3.8, 4) is 0 Å². The van der Waals surface area contributed by atoms with E-state index in [9.17, 15) is 0 Å². The third kappa shape index (κ3) is 2.40. The lowest BCUT2D eigenvalue weighted by atomic mass is 10.1. The van der Waals surface area contributed by atoms with Crippen molar-refractivity contribution in [2.75, 3.05) is 31.1 Å². The number of benzene rings is 1. The number of nitrogens with zero attached hydrogens (tertiary/aromatic N) is 2. The van der Waals surface area contributed by atoms with Crippen LogP contribution in [0.3, 0.4) is 0 Å². The Bertz CT molecular complexity index is 597. The van der Waals surface area contributed by atoms with Crippen LogP contribution in [0.2, 0.25) is 0 Å². The summed E-state index contributed by atoms with van der Waals surface area (Å²) < 4.78 is 5.95. The number of aryl methyl sites for hydroxylation is 1. The first-order valence-electron chi connectivity index (χ1n) is 7.58. The molecule has 2 heterocycles. The number of anilines is 1. The third-order valence-electron chi connectivity index (χ3n) is 3.93. The summed E-state index contributed by atoms with van der Waals surface area (Å²) in [4.78, 5) is 7.10. The number of nitrogens with one attached hydrogen (secondary N) is 1. The SMILES string of the molecule is CCc1cc(N2CCNCC2)cc2nc(C(C)C)oc12. The van der Waals surface area contributed by atoms with Crippen molar-refractivity contribution in [3.63, 3.8) is 0 Å². The van der Waals surface area contributed by atoms with E-state index in [1.165, 1.54) is 11.3 Å². The van der Waals surface area contributed by atoms with Gasteiger partial charge in [0.05, 0.1) is 0 Å². The van der Waals surface area contributed by atoms with E-state index in [1.54, 1.807) is 0 Å². The van der Waals surface area contributed by atoms with Gasteiger partial charge in [-0.15, -0.1) is 0 Å². The lowest BCUT2D eigenvalue weighted by Gasteiger charge is -2.29. The fourth-order valence-corrected chi connectivity index (χ4v) is 2.72. The van der Waals surface area contributed by atoms with Gasteiger partial charge in [-0.3, -0.25) is 0 Å². The maximum absolute atomic E-state index is 5.95. The molecule has 3 rings (SSSR count). The highest BCUT2D eigenvalue weighted by Crippen LogP contribution is 2.29. The summed E-state index contributed by atoms with van der Waals surface area (Å²) in [5, 5.41) is 3.39. The van der Waals surface area contributed by atoms with E-state index in [4.69, 9.17) is 4.42 Å². The van der Waals surface area contributed by atoms with Crippen molar-refractivity contribution in [1.82, 2.24) is 10.3 Å². The Morgan fingerprint density at radius 3 is 2.70 bits per heavy atom. The van der Waals surface area contributed by atoms with Gasteiger partial charge in [-0.25, -0.2) is 4.98 Å². The molecule has 4 nitrogen and oxygen atoms in total. The van der Waals surface area contributed by atoms with Gasteiger partial charge in [0.1, 0.15) is 5.52 Å². The highest BCUT2D eigenvalue weighted by molar-refractivity contribution is 5.81. The molecule has 0 amide bonds. The topological polar surface area (TPSA) is 41.3 Å². The van der Waals surface area contributed by atoms with Gasteiger partial charge in [0, 0.05) is 37.8 Å². The van der Waals surface area contributed by atoms with Crippen molar-refractivity contribution in [3.05, 3.63) is 23.6 Å². The van der Waals surface area contributed by atoms with Gasteiger partial charge < -0.3 is 14.6 Å². The molecule has 108 valence electrons. The Morgan fingerprint density at radius 2 is 2.05 bits per heavy atom. The van der Waals surface area contributed by atoms with Gasteiger partial charge in [0.15, 0.2) is 11.5 Å². The predicted molar refractivity (Wildman–Crippen MR) is 82.6 cm³/mol. The summed E-state index contributed by atoms with van der Waals surface area (Å²) in [6.07, 6.45) is 0.975. The fourth-order valence-electron chi connectivity index (χ4n) is 2.72. The van der Waals surface area contributed by atoms with Gasteiger partial charge in [-0.05, 0) is 24.1 Å². The van der Waals surface area contributed by atoms with Crippen LogP contribution in [-0.4, -0.2) is 31.2 Å². The fraction of sp³-hybridized carbons (Fsp3) is 0.562. The molecule has 0 radical (unpaired) electrons. The zero-order valence-corrected chi connectivity index (χ0v) is 12.6. The largest absolute Gasteiger partial charge is 0.440 e. The molecule has 20 heavy (non-hydrogen) atoms. The minimum absolute atomic E-state index is 0.328. The van der Waals surface area contributed by atoms with Crippen LogP contribution in [0.1, 0.15) is 38.1 Å². The predicted octanol–water partition coefficient (Wildman–Crippen LogP) is 2.92. The summed E-state index contributed by atoms with van der Waals surface area (Å²) in [5.41, 5.74) is 4.51. The van der Waals surface area contributed by atoms with Crippen LogP contribution in [0.5, 0.6) is 0 Å². The van der Waals surface area contributed by atoms with E-state index in [0.717, 1.165) is 49.6 Å². The smallest absolute Gasteiger partial charge is 0.198 e. The lowest BCUT2D eigenvalue weighted by molar-refractivity contribution is 0.499. The van der Waals surface area contributed by atoms with Crippen molar-refractivity contribution >= 4 is 16.8 Å². The van der Waals surface area contributed by atoms with E-state index in [2.05, 4.69) is 48.1 Å². The monoisotopic (exact) mass is 273 g/mol. The first kappa shape index (κ1) is 13.4. The molecule has 4 heteroatoms. The van der Waals surface area contributed by atoms with E-state index in [1.807, 2.05) is 0 Å². The number of piperazine rings is 1. The number of fused-ring (bicyclic) bond motifs is 1. The highest BCUT2D eigenvalue weighted by atomic mass is 16.3. The standard InChI is InChI=1S/C16H23N3O/c1-4-12-9-13(19-7-5-17-6-8-19)10-14-15(12)20-16(18-14)11(2)3/h9-11,17H,4-8H2,1-3H3. The summed E-state index contributed by atoms with van der Waals surface area (Å²) >= 11 is 0. The Labute approximate surface area is 120 Å². The van der Waals surface area contributed by atoms with Crippen molar-refractivity contribution in [2.45, 2.75) is 33.1 Å². The number of rotatable bonds is 3. The lowest BCUT2D eigenvalue weighted by Crippen LogP contribution is -2.43. The summed E-state index contributed by atoms with van der Waals surface area (Å²) in [7, 11) is 0. The molecule has 0 unspecified atom stereocenters. The van der Waals surface area contributed by atoms with Crippen molar-refractivity contribution < 1.29 is 4.42 Å². The average Bonchev–Trinajstić information content (AvgIpc) is 2.91.